The Balaban J connectivity index is 2.15. The van der Waals surface area contributed by atoms with Crippen LogP contribution in [-0.2, 0) is 17.8 Å². The number of hydrogen-bond donors (Lipinski definition) is 1. The summed E-state index contributed by atoms with van der Waals surface area (Å²) in [5, 5.41) is 0. The Morgan fingerprint density at radius 3 is 2.73 bits per heavy atom. The fourth-order valence-corrected chi connectivity index (χ4v) is 1.97. The van der Waals surface area contributed by atoms with E-state index < -0.39 is 6.04 Å². The summed E-state index contributed by atoms with van der Waals surface area (Å²) in [4.78, 5) is 13.5. The third-order valence-corrected chi connectivity index (χ3v) is 2.83. The lowest BCUT2D eigenvalue weighted by atomic mass is 9.99. The van der Waals surface area contributed by atoms with Crippen LogP contribution in [0, 0.1) is 0 Å². The molecule has 80 valence electrons. The summed E-state index contributed by atoms with van der Waals surface area (Å²) >= 11 is 0. The highest BCUT2D eigenvalue weighted by atomic mass is 16.2. The molecule has 2 N–H and O–H groups in total. The first-order valence-electron chi connectivity index (χ1n) is 5.29. The molecule has 1 amide bonds. The molecule has 1 atom stereocenters. The minimum absolute atomic E-state index is 0.0458. The molecule has 0 aliphatic carbocycles. The number of carbonyl (C=O) groups is 1. The van der Waals surface area contributed by atoms with Crippen molar-refractivity contribution in [1.29, 1.82) is 0 Å². The van der Waals surface area contributed by atoms with E-state index in [-0.39, 0.29) is 5.91 Å². The molecule has 3 heteroatoms. The van der Waals surface area contributed by atoms with Gasteiger partial charge in [0.25, 0.3) is 0 Å². The van der Waals surface area contributed by atoms with Crippen molar-refractivity contribution in [2.24, 2.45) is 5.73 Å². The highest BCUT2D eigenvalue weighted by molar-refractivity contribution is 5.81. The first-order chi connectivity index (χ1) is 7.18. The number of amides is 1. The van der Waals surface area contributed by atoms with Gasteiger partial charge in [0.05, 0.1) is 6.04 Å². The molecule has 1 aliphatic heterocycles. The van der Waals surface area contributed by atoms with E-state index in [2.05, 4.69) is 12.1 Å². The zero-order valence-electron chi connectivity index (χ0n) is 8.94. The Labute approximate surface area is 89.9 Å². The molecule has 2 rings (SSSR count). The SMILES string of the molecule is C[C@H](N)C(=O)N1CCc2ccccc2C1. The van der Waals surface area contributed by atoms with Crippen LogP contribution in [0.3, 0.4) is 0 Å². The average Bonchev–Trinajstić information content (AvgIpc) is 2.27. The van der Waals surface area contributed by atoms with Crippen molar-refractivity contribution in [3.63, 3.8) is 0 Å². The first kappa shape index (κ1) is 10.2. The summed E-state index contributed by atoms with van der Waals surface area (Å²) in [6.45, 7) is 3.23. The summed E-state index contributed by atoms with van der Waals surface area (Å²) < 4.78 is 0. The van der Waals surface area contributed by atoms with E-state index in [0.29, 0.717) is 6.54 Å². The summed E-state index contributed by atoms with van der Waals surface area (Å²) in [5.41, 5.74) is 8.20. The first-order valence-corrected chi connectivity index (χ1v) is 5.29. The molecule has 1 aliphatic rings. The number of nitrogens with zero attached hydrogens (tertiary/aromatic N) is 1. The largest absolute Gasteiger partial charge is 0.337 e. The zero-order valence-corrected chi connectivity index (χ0v) is 8.94. The predicted octanol–water partition coefficient (Wildman–Crippen LogP) is 0.918. The summed E-state index contributed by atoms with van der Waals surface area (Å²) in [6, 6.07) is 7.87. The van der Waals surface area contributed by atoms with Gasteiger partial charge in [-0.2, -0.15) is 0 Å². The topological polar surface area (TPSA) is 46.3 Å². The second-order valence-electron chi connectivity index (χ2n) is 4.07. The molecule has 1 aromatic carbocycles. The van der Waals surface area contributed by atoms with Crippen LogP contribution in [0.1, 0.15) is 18.1 Å². The Hall–Kier alpha value is -1.35. The normalized spacial score (nSPS) is 17.1. The van der Waals surface area contributed by atoms with Crippen LogP contribution in [0.5, 0.6) is 0 Å². The maximum atomic E-state index is 11.7. The lowest BCUT2D eigenvalue weighted by Gasteiger charge is -2.30. The van der Waals surface area contributed by atoms with E-state index in [1.54, 1.807) is 6.92 Å². The Morgan fingerprint density at radius 1 is 1.40 bits per heavy atom. The molecular formula is C12H16N2O. The molecule has 1 heterocycles. The highest BCUT2D eigenvalue weighted by Gasteiger charge is 2.22. The van der Waals surface area contributed by atoms with Crippen LogP contribution in [0.15, 0.2) is 24.3 Å². The van der Waals surface area contributed by atoms with Crippen LogP contribution in [0.25, 0.3) is 0 Å². The van der Waals surface area contributed by atoms with Gasteiger partial charge in [-0.15, -0.1) is 0 Å². The van der Waals surface area contributed by atoms with Gasteiger partial charge >= 0.3 is 0 Å². The molecule has 0 spiro atoms. The fourth-order valence-electron chi connectivity index (χ4n) is 1.97. The van der Waals surface area contributed by atoms with Gasteiger partial charge in [-0.25, -0.2) is 0 Å². The van der Waals surface area contributed by atoms with Crippen LogP contribution < -0.4 is 5.73 Å². The van der Waals surface area contributed by atoms with Crippen molar-refractivity contribution < 1.29 is 4.79 Å². The van der Waals surface area contributed by atoms with Crippen molar-refractivity contribution >= 4 is 5.91 Å². The molecule has 0 aromatic heterocycles. The van der Waals surface area contributed by atoms with Crippen molar-refractivity contribution in [2.45, 2.75) is 25.9 Å². The van der Waals surface area contributed by atoms with Gasteiger partial charge in [0, 0.05) is 13.1 Å². The molecular weight excluding hydrogens is 188 g/mol. The van der Waals surface area contributed by atoms with Gasteiger partial charge in [-0.3, -0.25) is 4.79 Å². The number of benzene rings is 1. The van der Waals surface area contributed by atoms with Crippen LogP contribution in [0.4, 0.5) is 0 Å². The van der Waals surface area contributed by atoms with E-state index in [4.69, 9.17) is 5.73 Å². The van der Waals surface area contributed by atoms with E-state index >= 15 is 0 Å². The fraction of sp³-hybridized carbons (Fsp3) is 0.417. The van der Waals surface area contributed by atoms with Crippen molar-refractivity contribution in [2.75, 3.05) is 6.54 Å². The van der Waals surface area contributed by atoms with Gasteiger partial charge < -0.3 is 10.6 Å². The third-order valence-electron chi connectivity index (χ3n) is 2.83. The Morgan fingerprint density at radius 2 is 2.07 bits per heavy atom. The number of rotatable bonds is 1. The smallest absolute Gasteiger partial charge is 0.239 e. The zero-order chi connectivity index (χ0) is 10.8. The molecule has 15 heavy (non-hydrogen) atoms. The van der Waals surface area contributed by atoms with Crippen LogP contribution in [0.2, 0.25) is 0 Å². The van der Waals surface area contributed by atoms with E-state index in [9.17, 15) is 4.79 Å². The van der Waals surface area contributed by atoms with Crippen LogP contribution in [-0.4, -0.2) is 23.4 Å². The van der Waals surface area contributed by atoms with Gasteiger partial charge in [-0.05, 0) is 24.5 Å². The standard InChI is InChI=1S/C12H16N2O/c1-9(13)12(15)14-7-6-10-4-2-3-5-11(10)8-14/h2-5,9H,6-8,13H2,1H3/t9-/m0/s1. The van der Waals surface area contributed by atoms with E-state index in [1.165, 1.54) is 11.1 Å². The molecule has 1 aromatic rings. The van der Waals surface area contributed by atoms with Gasteiger partial charge in [0.1, 0.15) is 0 Å². The number of hydrogen-bond acceptors (Lipinski definition) is 2. The monoisotopic (exact) mass is 204 g/mol. The van der Waals surface area contributed by atoms with Crippen LogP contribution >= 0.6 is 0 Å². The molecule has 0 fully saturated rings. The second-order valence-corrected chi connectivity index (χ2v) is 4.07. The van der Waals surface area contributed by atoms with Crippen molar-refractivity contribution in [1.82, 2.24) is 4.90 Å². The van der Waals surface area contributed by atoms with Crippen molar-refractivity contribution in [3.05, 3.63) is 35.4 Å². The van der Waals surface area contributed by atoms with Crippen molar-refractivity contribution in [3.8, 4) is 0 Å². The van der Waals surface area contributed by atoms with Gasteiger partial charge in [0.15, 0.2) is 0 Å². The predicted molar refractivity (Wildman–Crippen MR) is 59.2 cm³/mol. The molecule has 0 saturated carbocycles. The molecule has 0 radical (unpaired) electrons. The molecule has 0 saturated heterocycles. The maximum Gasteiger partial charge on any atom is 0.239 e. The number of nitrogens with two attached hydrogens (primary N) is 1. The number of carbonyl (C=O) groups excluding carboxylic acids is 1. The highest BCUT2D eigenvalue weighted by Crippen LogP contribution is 2.18. The average molecular weight is 204 g/mol. The van der Waals surface area contributed by atoms with E-state index in [1.807, 2.05) is 17.0 Å². The summed E-state index contributed by atoms with van der Waals surface area (Å²) in [5.74, 6) is 0.0458. The van der Waals surface area contributed by atoms with E-state index in [0.717, 1.165) is 13.0 Å². The third kappa shape index (κ3) is 2.02. The summed E-state index contributed by atoms with van der Waals surface area (Å²) in [7, 11) is 0. The molecule has 3 nitrogen and oxygen atoms in total. The lowest BCUT2D eigenvalue weighted by molar-refractivity contribution is -0.133. The molecule has 0 bridgehead atoms. The minimum Gasteiger partial charge on any atom is -0.337 e. The van der Waals surface area contributed by atoms with Gasteiger partial charge in [0.2, 0.25) is 5.91 Å². The Kier molecular flexibility index (Phi) is 2.73. The molecule has 0 unspecified atom stereocenters. The lowest BCUT2D eigenvalue weighted by Crippen LogP contribution is -2.44. The second kappa shape index (κ2) is 4.03. The maximum absolute atomic E-state index is 11.7. The number of fused-ring (bicyclic) bond motifs is 1. The quantitative estimate of drug-likeness (QED) is 0.739. The summed E-state index contributed by atoms with van der Waals surface area (Å²) in [6.07, 6.45) is 0.939. The van der Waals surface area contributed by atoms with Gasteiger partial charge in [-0.1, -0.05) is 24.3 Å². The minimum atomic E-state index is -0.393. The Bertz CT molecular complexity index is 374.